The lowest BCUT2D eigenvalue weighted by molar-refractivity contribution is 1.31. The molecule has 5 heterocycles. The van der Waals surface area contributed by atoms with E-state index in [0.29, 0.717) is 0 Å². The fourth-order valence-electron chi connectivity index (χ4n) is 9.55. The lowest BCUT2D eigenvalue weighted by Crippen LogP contribution is -1.92. The van der Waals surface area contributed by atoms with Crippen LogP contribution in [0.3, 0.4) is 0 Å². The number of hydrogen-bond donors (Lipinski definition) is 2. The highest BCUT2D eigenvalue weighted by Crippen LogP contribution is 2.44. The quantitative estimate of drug-likeness (QED) is 0.176. The van der Waals surface area contributed by atoms with Gasteiger partial charge in [0.15, 0.2) is 0 Å². The summed E-state index contributed by atoms with van der Waals surface area (Å²) in [6, 6.07) is 53.2. The van der Waals surface area contributed by atoms with Crippen LogP contribution in [0.2, 0.25) is 0 Å². The second-order valence-corrected chi connectivity index (χ2v) is 15.1. The Kier molecular flexibility index (Phi) is 5.86. The molecule has 0 aliphatic carbocycles. The van der Waals surface area contributed by atoms with Gasteiger partial charge in [0.2, 0.25) is 0 Å². The van der Waals surface area contributed by atoms with E-state index in [1.165, 1.54) is 64.6 Å². The molecule has 0 saturated heterocycles. The van der Waals surface area contributed by atoms with Crippen LogP contribution in [0.5, 0.6) is 0 Å². The summed E-state index contributed by atoms with van der Waals surface area (Å²) in [6.07, 6.45) is 8.54. The van der Waals surface area contributed by atoms with Crippen LogP contribution < -0.4 is 0 Å². The number of hydrogen-bond acceptors (Lipinski definition) is 2. The van der Waals surface area contributed by atoms with E-state index < -0.39 is 0 Å². The summed E-state index contributed by atoms with van der Waals surface area (Å²) in [7, 11) is 0. The van der Waals surface area contributed by atoms with Crippen LogP contribution in [0.4, 0.5) is 0 Å². The first-order valence-electron chi connectivity index (χ1n) is 19.1. The van der Waals surface area contributed by atoms with Crippen molar-refractivity contribution < 1.29 is 0 Å². The van der Waals surface area contributed by atoms with Gasteiger partial charge in [-0.3, -0.25) is 0 Å². The number of nitrogens with zero attached hydrogens (tertiary/aromatic N) is 2. The fraction of sp³-hybridized carbons (Fsp3) is 0. The summed E-state index contributed by atoms with van der Waals surface area (Å²) in [5, 5.41) is 15.1. The van der Waals surface area contributed by atoms with Gasteiger partial charge in [0, 0.05) is 33.2 Å². The number of rotatable bonds is 2. The number of H-pyrrole nitrogens is 2. The van der Waals surface area contributed by atoms with Gasteiger partial charge in [0.25, 0.3) is 0 Å². The minimum atomic E-state index is 0.905. The Bertz CT molecular complexity index is 3440. The first kappa shape index (κ1) is 29.8. The van der Waals surface area contributed by atoms with Crippen molar-refractivity contribution in [1.82, 2.24) is 19.9 Å². The predicted octanol–water partition coefficient (Wildman–Crippen LogP) is 13.8. The average molecular weight is 711 g/mol. The largest absolute Gasteiger partial charge is 0.355 e. The number of nitrogens with one attached hydrogen (secondary N) is 2. The summed E-state index contributed by atoms with van der Waals surface area (Å²) < 4.78 is 0. The van der Waals surface area contributed by atoms with Crippen molar-refractivity contribution in [2.24, 2.45) is 0 Å². The van der Waals surface area contributed by atoms with Gasteiger partial charge < -0.3 is 9.97 Å². The Morgan fingerprint density at radius 2 is 0.750 bits per heavy atom. The Morgan fingerprint density at radius 3 is 1.21 bits per heavy atom. The molecule has 2 N–H and O–H groups in total. The maximum absolute atomic E-state index is 5.61. The molecule has 258 valence electrons. The molecule has 2 aliphatic heterocycles. The van der Waals surface area contributed by atoms with Crippen LogP contribution in [0.25, 0.3) is 133 Å². The van der Waals surface area contributed by atoms with E-state index in [0.717, 1.165) is 67.1 Å². The van der Waals surface area contributed by atoms with Crippen molar-refractivity contribution in [3.8, 4) is 22.3 Å². The molecule has 3 aromatic heterocycles. The molecular weight excluding hydrogens is 681 g/mol. The molecule has 11 aromatic rings. The number of benzene rings is 8. The van der Waals surface area contributed by atoms with Crippen molar-refractivity contribution >= 4 is 111 Å². The Balaban J connectivity index is 1.18. The molecule has 4 heteroatoms. The molecule has 0 atom stereocenters. The highest BCUT2D eigenvalue weighted by Gasteiger charge is 2.20. The zero-order chi connectivity index (χ0) is 36.5. The van der Waals surface area contributed by atoms with Gasteiger partial charge in [0.1, 0.15) is 0 Å². The zero-order valence-corrected chi connectivity index (χ0v) is 30.1. The van der Waals surface area contributed by atoms with E-state index in [2.05, 4.69) is 180 Å². The molecule has 0 unspecified atom stereocenters. The summed E-state index contributed by atoms with van der Waals surface area (Å²) in [4.78, 5) is 18.1. The SMILES string of the molecule is C1=Cc2cc3ccc([nH]3)c(-c3ccc4ccc5cccc6ccc3c4c56)c3nc(c(-c4ccc5ccc6cccc7ccc4c5c67)c4ccc(cc1n2)[nH]4)C=C3. The van der Waals surface area contributed by atoms with E-state index in [4.69, 9.17) is 9.97 Å². The maximum atomic E-state index is 5.61. The molecule has 8 aromatic carbocycles. The molecule has 2 aliphatic rings. The summed E-state index contributed by atoms with van der Waals surface area (Å²) in [5.41, 5.74) is 12.0. The summed E-state index contributed by atoms with van der Waals surface area (Å²) in [6.45, 7) is 0. The minimum Gasteiger partial charge on any atom is -0.355 e. The van der Waals surface area contributed by atoms with E-state index in [9.17, 15) is 0 Å². The average Bonchev–Trinajstić information content (AvgIpc) is 4.08. The van der Waals surface area contributed by atoms with Crippen molar-refractivity contribution in [2.45, 2.75) is 0 Å². The van der Waals surface area contributed by atoms with Crippen LogP contribution >= 0.6 is 0 Å². The van der Waals surface area contributed by atoms with Crippen molar-refractivity contribution in [1.29, 1.82) is 0 Å². The molecule has 0 saturated carbocycles. The second-order valence-electron chi connectivity index (χ2n) is 15.1. The summed E-state index contributed by atoms with van der Waals surface area (Å²) >= 11 is 0. The smallest absolute Gasteiger partial charge is 0.0737 e. The first-order valence-corrected chi connectivity index (χ1v) is 19.1. The van der Waals surface area contributed by atoms with E-state index in [1.807, 2.05) is 0 Å². The molecular formula is C52H30N4. The molecule has 0 spiro atoms. The predicted molar refractivity (Wildman–Crippen MR) is 237 cm³/mol. The third-order valence-electron chi connectivity index (χ3n) is 12.0. The molecule has 0 fully saturated rings. The monoisotopic (exact) mass is 710 g/mol. The highest BCUT2D eigenvalue weighted by molar-refractivity contribution is 6.27. The van der Waals surface area contributed by atoms with Crippen LogP contribution in [0.1, 0.15) is 22.8 Å². The van der Waals surface area contributed by atoms with E-state index >= 15 is 0 Å². The number of fused-ring (bicyclic) bond motifs is 8. The standard InChI is InChI=1S/C52H30N4/c1-3-29-7-9-33-13-21-41(39-19-11-31(5-1)47(29)49(33)39)51-43-23-17-37(54-43)27-35-15-16-36(53-35)28-38-18-24-44(55-38)52(46-26-25-45(51)56-46)42-22-14-34-10-8-30-4-2-6-32-12-20-40(42)50(34)48(30)32/h1-28,54-55H. The maximum Gasteiger partial charge on any atom is 0.0737 e. The van der Waals surface area contributed by atoms with E-state index in [-0.39, 0.29) is 0 Å². The molecule has 0 amide bonds. The van der Waals surface area contributed by atoms with Crippen molar-refractivity contribution in [2.75, 3.05) is 0 Å². The van der Waals surface area contributed by atoms with E-state index in [1.54, 1.807) is 0 Å². The summed E-state index contributed by atoms with van der Waals surface area (Å²) in [5.74, 6) is 0. The molecule has 8 bridgehead atoms. The molecule has 0 radical (unpaired) electrons. The van der Waals surface area contributed by atoms with Gasteiger partial charge in [-0.1, -0.05) is 109 Å². The third-order valence-corrected chi connectivity index (χ3v) is 12.0. The fourth-order valence-corrected chi connectivity index (χ4v) is 9.55. The number of aromatic amines is 2. The normalized spacial score (nSPS) is 12.9. The minimum absolute atomic E-state index is 0.905. The number of aromatic nitrogens is 4. The molecule has 13 rings (SSSR count). The van der Waals surface area contributed by atoms with Crippen molar-refractivity contribution in [3.05, 3.63) is 168 Å². The lowest BCUT2D eigenvalue weighted by atomic mass is 9.89. The van der Waals surface area contributed by atoms with Gasteiger partial charge in [-0.15, -0.1) is 0 Å². The second kappa shape index (κ2) is 11.0. The van der Waals surface area contributed by atoms with Gasteiger partial charge in [-0.25, -0.2) is 9.97 Å². The topological polar surface area (TPSA) is 57.4 Å². The zero-order valence-electron chi connectivity index (χ0n) is 30.1. The van der Waals surface area contributed by atoms with Gasteiger partial charge in [0.05, 0.1) is 22.8 Å². The lowest BCUT2D eigenvalue weighted by Gasteiger charge is -2.15. The van der Waals surface area contributed by atoms with Gasteiger partial charge in [-0.2, -0.15) is 0 Å². The van der Waals surface area contributed by atoms with Crippen LogP contribution in [-0.4, -0.2) is 19.9 Å². The Hall–Kier alpha value is -7.56. The van der Waals surface area contributed by atoms with Crippen LogP contribution in [0, 0.1) is 0 Å². The van der Waals surface area contributed by atoms with Gasteiger partial charge >= 0.3 is 0 Å². The van der Waals surface area contributed by atoms with Gasteiger partial charge in [-0.05, 0) is 136 Å². The molecule has 4 nitrogen and oxygen atoms in total. The van der Waals surface area contributed by atoms with Crippen LogP contribution in [-0.2, 0) is 0 Å². The Labute approximate surface area is 320 Å². The van der Waals surface area contributed by atoms with Crippen molar-refractivity contribution in [3.63, 3.8) is 0 Å². The molecule has 56 heavy (non-hydrogen) atoms. The third kappa shape index (κ3) is 4.24. The highest BCUT2D eigenvalue weighted by atomic mass is 14.8. The Morgan fingerprint density at radius 1 is 0.339 bits per heavy atom. The van der Waals surface area contributed by atoms with Crippen LogP contribution in [0.15, 0.2) is 146 Å². The first-order chi connectivity index (χ1) is 27.7.